The lowest BCUT2D eigenvalue weighted by atomic mass is 9.91. The Bertz CT molecular complexity index is 706. The molecule has 4 heterocycles. The van der Waals surface area contributed by atoms with Gasteiger partial charge < -0.3 is 10.1 Å². The summed E-state index contributed by atoms with van der Waals surface area (Å²) in [6, 6.07) is 4.61. The van der Waals surface area contributed by atoms with Crippen molar-refractivity contribution >= 4 is 11.6 Å². The van der Waals surface area contributed by atoms with E-state index in [9.17, 15) is 0 Å². The molecule has 26 heavy (non-hydrogen) atoms. The molecule has 6 heteroatoms. The summed E-state index contributed by atoms with van der Waals surface area (Å²) in [5.41, 5.74) is 2.17. The summed E-state index contributed by atoms with van der Waals surface area (Å²) in [5.74, 6) is 2.28. The summed E-state index contributed by atoms with van der Waals surface area (Å²) in [4.78, 5) is 16.1. The monoisotopic (exact) mass is 353 g/mol. The van der Waals surface area contributed by atoms with Gasteiger partial charge >= 0.3 is 0 Å². The summed E-state index contributed by atoms with van der Waals surface area (Å²) in [6.45, 7) is 6.25. The number of pyridine rings is 1. The first kappa shape index (κ1) is 17.4. The number of likely N-dealkylation sites (tertiary alicyclic amines) is 1. The molecule has 2 aromatic heterocycles. The number of hydrogen-bond acceptors (Lipinski definition) is 6. The zero-order valence-electron chi connectivity index (χ0n) is 15.4. The van der Waals surface area contributed by atoms with Crippen LogP contribution in [0.25, 0.3) is 0 Å². The molecule has 1 atom stereocenters. The van der Waals surface area contributed by atoms with Crippen LogP contribution >= 0.6 is 0 Å². The highest BCUT2D eigenvalue weighted by molar-refractivity contribution is 5.54. The molecule has 0 radical (unpaired) electrons. The molecule has 2 fully saturated rings. The Hall–Kier alpha value is -2.05. The smallest absolute Gasteiger partial charge is 0.150 e. The number of aryl methyl sites for hydroxylation is 1. The second kappa shape index (κ2) is 8.10. The maximum atomic E-state index is 5.52. The molecular weight excluding hydrogens is 326 g/mol. The lowest BCUT2D eigenvalue weighted by Crippen LogP contribution is -2.42. The van der Waals surface area contributed by atoms with Crippen molar-refractivity contribution in [2.45, 2.75) is 38.6 Å². The van der Waals surface area contributed by atoms with E-state index < -0.39 is 0 Å². The van der Waals surface area contributed by atoms with Crippen molar-refractivity contribution < 1.29 is 4.74 Å². The first-order valence-electron chi connectivity index (χ1n) is 9.59. The Balaban J connectivity index is 1.28. The van der Waals surface area contributed by atoms with Gasteiger partial charge in [-0.15, -0.1) is 0 Å². The topological polar surface area (TPSA) is 63.2 Å². The molecule has 0 amide bonds. The maximum absolute atomic E-state index is 5.52. The molecule has 4 rings (SSSR count). The van der Waals surface area contributed by atoms with Gasteiger partial charge in [-0.1, -0.05) is 6.07 Å². The van der Waals surface area contributed by atoms with Crippen LogP contribution in [0.3, 0.4) is 0 Å². The van der Waals surface area contributed by atoms with E-state index >= 15 is 0 Å². The number of aromatic nitrogens is 3. The fourth-order valence-electron chi connectivity index (χ4n) is 3.89. The minimum absolute atomic E-state index is 0.649. The van der Waals surface area contributed by atoms with Gasteiger partial charge in [0.2, 0.25) is 0 Å². The Morgan fingerprint density at radius 2 is 2.04 bits per heavy atom. The summed E-state index contributed by atoms with van der Waals surface area (Å²) in [7, 11) is 0. The van der Waals surface area contributed by atoms with Crippen LogP contribution in [0, 0.1) is 12.8 Å². The predicted octanol–water partition coefficient (Wildman–Crippen LogP) is 2.97. The third-order valence-electron chi connectivity index (χ3n) is 5.53. The van der Waals surface area contributed by atoms with E-state index in [-0.39, 0.29) is 0 Å². The van der Waals surface area contributed by atoms with Crippen LogP contribution in [0.5, 0.6) is 0 Å². The Kier molecular flexibility index (Phi) is 5.41. The average molecular weight is 353 g/mol. The minimum Gasteiger partial charge on any atom is -0.380 e. The van der Waals surface area contributed by atoms with E-state index in [1.807, 2.05) is 31.5 Å². The average Bonchev–Trinajstić information content (AvgIpc) is 3.21. The molecule has 2 saturated heterocycles. The van der Waals surface area contributed by atoms with E-state index in [0.717, 1.165) is 42.5 Å². The van der Waals surface area contributed by atoms with Crippen molar-refractivity contribution in [3.63, 3.8) is 0 Å². The van der Waals surface area contributed by atoms with Gasteiger partial charge in [-0.25, -0.2) is 9.97 Å². The predicted molar refractivity (Wildman–Crippen MR) is 102 cm³/mol. The highest BCUT2D eigenvalue weighted by atomic mass is 16.5. The van der Waals surface area contributed by atoms with Crippen LogP contribution in [-0.2, 0) is 11.2 Å². The number of hydrogen-bond donors (Lipinski definition) is 1. The number of nitrogens with zero attached hydrogens (tertiary/aromatic N) is 4. The fraction of sp³-hybridized carbons (Fsp3) is 0.550. The quantitative estimate of drug-likeness (QED) is 0.892. The van der Waals surface area contributed by atoms with Crippen LogP contribution in [-0.4, -0.2) is 52.2 Å². The van der Waals surface area contributed by atoms with Gasteiger partial charge in [0.25, 0.3) is 0 Å². The molecule has 138 valence electrons. The van der Waals surface area contributed by atoms with Crippen LogP contribution in [0.1, 0.15) is 30.5 Å². The van der Waals surface area contributed by atoms with Crippen LogP contribution in [0.4, 0.5) is 11.6 Å². The second-order valence-electron chi connectivity index (χ2n) is 7.39. The number of anilines is 2. The molecule has 1 N–H and O–H groups in total. The fourth-order valence-corrected chi connectivity index (χ4v) is 3.89. The molecule has 0 aromatic carbocycles. The van der Waals surface area contributed by atoms with Gasteiger partial charge in [0.05, 0.1) is 24.7 Å². The lowest BCUT2D eigenvalue weighted by molar-refractivity contribution is 0.110. The van der Waals surface area contributed by atoms with Gasteiger partial charge in [-0.05, 0) is 63.2 Å². The van der Waals surface area contributed by atoms with E-state index in [1.165, 1.54) is 32.4 Å². The van der Waals surface area contributed by atoms with Crippen LogP contribution < -0.4 is 5.32 Å². The minimum atomic E-state index is 0.649. The standard InChI is InChI=1S/C20H27N5O/c1-15-3-2-7-21-20(15)24-19-13-22-17(12-23-19)11-16-4-8-25(9-5-16)18-6-10-26-14-18/h2-3,7,12-13,16,18H,4-6,8-11,14H2,1H3,(H,21,23,24)/t18-/m0/s1. The molecule has 2 aromatic rings. The molecular formula is C20H27N5O. The number of rotatable bonds is 5. The summed E-state index contributed by atoms with van der Waals surface area (Å²) in [6.07, 6.45) is 10.2. The molecule has 0 bridgehead atoms. The molecule has 0 spiro atoms. The third-order valence-corrected chi connectivity index (χ3v) is 5.53. The van der Waals surface area contributed by atoms with E-state index in [2.05, 4.69) is 25.2 Å². The van der Waals surface area contributed by atoms with Crippen molar-refractivity contribution in [2.24, 2.45) is 5.92 Å². The molecule has 2 aliphatic rings. The third kappa shape index (κ3) is 4.19. The van der Waals surface area contributed by atoms with Crippen molar-refractivity contribution in [2.75, 3.05) is 31.6 Å². The van der Waals surface area contributed by atoms with Crippen LogP contribution in [0.15, 0.2) is 30.7 Å². The van der Waals surface area contributed by atoms with E-state index in [1.54, 1.807) is 6.20 Å². The number of nitrogens with one attached hydrogen (secondary N) is 1. The highest BCUT2D eigenvalue weighted by Gasteiger charge is 2.27. The maximum Gasteiger partial charge on any atom is 0.150 e. The van der Waals surface area contributed by atoms with Crippen molar-refractivity contribution in [1.82, 2.24) is 19.9 Å². The number of ether oxygens (including phenoxy) is 1. The van der Waals surface area contributed by atoms with E-state index in [4.69, 9.17) is 4.74 Å². The normalized spacial score (nSPS) is 21.8. The molecule has 6 nitrogen and oxygen atoms in total. The van der Waals surface area contributed by atoms with Crippen molar-refractivity contribution in [3.8, 4) is 0 Å². The lowest BCUT2D eigenvalue weighted by Gasteiger charge is -2.35. The van der Waals surface area contributed by atoms with Crippen molar-refractivity contribution in [3.05, 3.63) is 42.0 Å². The highest BCUT2D eigenvalue weighted by Crippen LogP contribution is 2.25. The van der Waals surface area contributed by atoms with Gasteiger partial charge in [0.15, 0.2) is 0 Å². The SMILES string of the molecule is Cc1cccnc1Nc1cnc(CC2CCN([C@H]3CCOC3)CC2)cn1. The summed E-state index contributed by atoms with van der Waals surface area (Å²) >= 11 is 0. The van der Waals surface area contributed by atoms with E-state index in [0.29, 0.717) is 12.0 Å². The van der Waals surface area contributed by atoms with Crippen LogP contribution in [0.2, 0.25) is 0 Å². The molecule has 0 aliphatic carbocycles. The van der Waals surface area contributed by atoms with Gasteiger partial charge in [-0.3, -0.25) is 9.88 Å². The molecule has 0 unspecified atom stereocenters. The summed E-state index contributed by atoms with van der Waals surface area (Å²) in [5, 5.41) is 3.24. The van der Waals surface area contributed by atoms with Crippen molar-refractivity contribution in [1.29, 1.82) is 0 Å². The first-order valence-corrected chi connectivity index (χ1v) is 9.59. The summed E-state index contributed by atoms with van der Waals surface area (Å²) < 4.78 is 5.52. The largest absolute Gasteiger partial charge is 0.380 e. The van der Waals surface area contributed by atoms with Gasteiger partial charge in [-0.2, -0.15) is 0 Å². The second-order valence-corrected chi connectivity index (χ2v) is 7.39. The first-order chi connectivity index (χ1) is 12.8. The molecule has 0 saturated carbocycles. The Labute approximate surface area is 155 Å². The Morgan fingerprint density at radius 3 is 2.73 bits per heavy atom. The zero-order chi connectivity index (χ0) is 17.8. The molecule has 2 aliphatic heterocycles. The zero-order valence-corrected chi connectivity index (χ0v) is 15.4. The van der Waals surface area contributed by atoms with Gasteiger partial charge in [0.1, 0.15) is 11.6 Å². The Morgan fingerprint density at radius 1 is 1.15 bits per heavy atom. The van der Waals surface area contributed by atoms with Gasteiger partial charge in [0, 0.05) is 18.8 Å². The number of piperidine rings is 1.